The molecule has 1 heterocycles. The minimum Gasteiger partial charge on any atom is -0.346 e. The highest BCUT2D eigenvalue weighted by atomic mass is 35.5. The van der Waals surface area contributed by atoms with Crippen molar-refractivity contribution >= 4 is 34.5 Å². The lowest BCUT2D eigenvalue weighted by molar-refractivity contribution is -0.117. The van der Waals surface area contributed by atoms with Gasteiger partial charge in [-0.15, -0.1) is 0 Å². The summed E-state index contributed by atoms with van der Waals surface area (Å²) in [7, 11) is 0. The predicted molar refractivity (Wildman–Crippen MR) is 116 cm³/mol. The van der Waals surface area contributed by atoms with E-state index in [0.29, 0.717) is 23.9 Å². The number of hydrogen-bond donors (Lipinski definition) is 1. The number of aryl methyl sites for hydroxylation is 1. The van der Waals surface area contributed by atoms with Gasteiger partial charge in [-0.05, 0) is 48.6 Å². The van der Waals surface area contributed by atoms with Crippen molar-refractivity contribution in [2.45, 2.75) is 31.8 Å². The smallest absolute Gasteiger partial charge is 0.244 e. The van der Waals surface area contributed by atoms with Crippen LogP contribution in [0.3, 0.4) is 0 Å². The van der Waals surface area contributed by atoms with Crippen LogP contribution in [0.4, 0.5) is 0 Å². The summed E-state index contributed by atoms with van der Waals surface area (Å²) in [6, 6.07) is 17.9. The first kappa shape index (κ1) is 19.3. The van der Waals surface area contributed by atoms with E-state index in [1.165, 1.54) is 0 Å². The molecule has 4 nitrogen and oxygen atoms in total. The lowest BCUT2D eigenvalue weighted by Crippen LogP contribution is -2.28. The monoisotopic (exact) mass is 403 g/mol. The average molecular weight is 404 g/mol. The SMILES string of the molecule is N#CCCn1cc(/C=C/C(=O)NC(c2ccc(Cl)cc2)C2CC2)c2ccccc21. The zero-order chi connectivity index (χ0) is 20.2. The second kappa shape index (κ2) is 8.55. The molecule has 4 rings (SSSR count). The Morgan fingerprint density at radius 2 is 2.00 bits per heavy atom. The molecule has 5 heteroatoms. The van der Waals surface area contributed by atoms with Gasteiger partial charge in [0.2, 0.25) is 5.91 Å². The molecule has 0 bridgehead atoms. The number of aromatic nitrogens is 1. The molecule has 0 aliphatic heterocycles. The Bertz CT molecular complexity index is 1090. The number of rotatable bonds is 7. The number of hydrogen-bond acceptors (Lipinski definition) is 2. The van der Waals surface area contributed by atoms with Gasteiger partial charge in [0, 0.05) is 40.3 Å². The summed E-state index contributed by atoms with van der Waals surface area (Å²) in [5, 5.41) is 13.8. The van der Waals surface area contributed by atoms with Gasteiger partial charge in [-0.1, -0.05) is 41.9 Å². The molecule has 0 spiro atoms. The molecule has 1 aliphatic carbocycles. The highest BCUT2D eigenvalue weighted by Crippen LogP contribution is 2.41. The van der Waals surface area contributed by atoms with Crippen LogP contribution in [-0.2, 0) is 11.3 Å². The molecular weight excluding hydrogens is 382 g/mol. The first-order chi connectivity index (χ1) is 14.2. The molecule has 1 fully saturated rings. The van der Waals surface area contributed by atoms with E-state index in [1.807, 2.05) is 60.8 Å². The van der Waals surface area contributed by atoms with E-state index in [9.17, 15) is 4.79 Å². The fourth-order valence-electron chi connectivity index (χ4n) is 3.70. The van der Waals surface area contributed by atoms with Crippen LogP contribution < -0.4 is 5.32 Å². The maximum Gasteiger partial charge on any atom is 0.244 e. The van der Waals surface area contributed by atoms with E-state index in [4.69, 9.17) is 16.9 Å². The molecule has 1 aliphatic rings. The van der Waals surface area contributed by atoms with Crippen molar-refractivity contribution in [1.82, 2.24) is 9.88 Å². The first-order valence-electron chi connectivity index (χ1n) is 9.84. The number of nitriles is 1. The third-order valence-electron chi connectivity index (χ3n) is 5.32. The van der Waals surface area contributed by atoms with Crippen molar-refractivity contribution < 1.29 is 4.79 Å². The molecule has 1 unspecified atom stereocenters. The zero-order valence-electron chi connectivity index (χ0n) is 16.0. The predicted octanol–water partition coefficient (Wildman–Crippen LogP) is 5.49. The number of para-hydroxylation sites is 1. The van der Waals surface area contributed by atoms with Crippen molar-refractivity contribution in [3.05, 3.63) is 77.0 Å². The maximum atomic E-state index is 12.6. The van der Waals surface area contributed by atoms with Gasteiger partial charge < -0.3 is 9.88 Å². The first-order valence-corrected chi connectivity index (χ1v) is 10.2. The van der Waals surface area contributed by atoms with Gasteiger partial charge >= 0.3 is 0 Å². The van der Waals surface area contributed by atoms with Gasteiger partial charge in [0.05, 0.1) is 18.5 Å². The number of halogens is 1. The molecule has 1 N–H and O–H groups in total. The van der Waals surface area contributed by atoms with Crippen LogP contribution in [0.25, 0.3) is 17.0 Å². The highest BCUT2D eigenvalue weighted by molar-refractivity contribution is 6.30. The number of fused-ring (bicyclic) bond motifs is 1. The minimum atomic E-state index is -0.106. The van der Waals surface area contributed by atoms with E-state index in [0.717, 1.165) is 34.9 Å². The number of benzene rings is 2. The second-order valence-corrected chi connectivity index (χ2v) is 7.85. The molecule has 29 heavy (non-hydrogen) atoms. The van der Waals surface area contributed by atoms with Crippen LogP contribution in [0.2, 0.25) is 5.02 Å². The molecule has 1 atom stereocenters. The van der Waals surface area contributed by atoms with Crippen molar-refractivity contribution in [3.63, 3.8) is 0 Å². The topological polar surface area (TPSA) is 57.8 Å². The molecule has 2 aromatic carbocycles. The van der Waals surface area contributed by atoms with Crippen molar-refractivity contribution in [2.24, 2.45) is 5.92 Å². The van der Waals surface area contributed by atoms with Gasteiger partial charge in [-0.3, -0.25) is 4.79 Å². The Balaban J connectivity index is 1.52. The normalized spacial score (nSPS) is 14.8. The number of carbonyl (C=O) groups is 1. The van der Waals surface area contributed by atoms with Gasteiger partial charge in [-0.2, -0.15) is 5.26 Å². The molecule has 0 saturated heterocycles. The van der Waals surface area contributed by atoms with Crippen LogP contribution in [0, 0.1) is 17.2 Å². The number of amides is 1. The van der Waals surface area contributed by atoms with Gasteiger partial charge in [0.1, 0.15) is 0 Å². The van der Waals surface area contributed by atoms with E-state index < -0.39 is 0 Å². The summed E-state index contributed by atoms with van der Waals surface area (Å²) in [6.45, 7) is 0.636. The highest BCUT2D eigenvalue weighted by Gasteiger charge is 2.33. The third kappa shape index (κ3) is 4.52. The Morgan fingerprint density at radius 1 is 1.24 bits per heavy atom. The average Bonchev–Trinajstić information content (AvgIpc) is 3.52. The second-order valence-electron chi connectivity index (χ2n) is 7.41. The van der Waals surface area contributed by atoms with Crippen molar-refractivity contribution in [2.75, 3.05) is 0 Å². The standard InChI is InChI=1S/C24H22ClN3O/c25-20-11-8-18(9-12-20)24(17-6-7-17)27-23(29)13-10-19-16-28(15-3-14-26)22-5-2-1-4-21(19)22/h1-2,4-5,8-13,16-17,24H,3,6-7,15H2,(H,27,29)/b13-10+. The number of nitrogens with one attached hydrogen (secondary N) is 1. The van der Waals surface area contributed by atoms with Gasteiger partial charge in [0.15, 0.2) is 0 Å². The van der Waals surface area contributed by atoms with Crippen LogP contribution in [0.5, 0.6) is 0 Å². The van der Waals surface area contributed by atoms with Crippen molar-refractivity contribution in [1.29, 1.82) is 5.26 Å². The summed E-state index contributed by atoms with van der Waals surface area (Å²) in [4.78, 5) is 12.6. The summed E-state index contributed by atoms with van der Waals surface area (Å²) >= 11 is 6.00. The zero-order valence-corrected chi connectivity index (χ0v) is 16.8. The summed E-state index contributed by atoms with van der Waals surface area (Å²) < 4.78 is 2.07. The van der Waals surface area contributed by atoms with Crippen LogP contribution in [0.15, 0.2) is 60.8 Å². The Morgan fingerprint density at radius 3 is 2.72 bits per heavy atom. The lowest BCUT2D eigenvalue weighted by Gasteiger charge is -2.18. The Labute approximate surface area is 175 Å². The fraction of sp³-hybridized carbons (Fsp3) is 0.250. The van der Waals surface area contributed by atoms with E-state index in [2.05, 4.69) is 16.0 Å². The van der Waals surface area contributed by atoms with Gasteiger partial charge in [0.25, 0.3) is 0 Å². The van der Waals surface area contributed by atoms with E-state index in [-0.39, 0.29) is 11.9 Å². The molecular formula is C24H22ClN3O. The Hall–Kier alpha value is -3.03. The maximum absolute atomic E-state index is 12.6. The lowest BCUT2D eigenvalue weighted by atomic mass is 10.0. The van der Waals surface area contributed by atoms with Gasteiger partial charge in [-0.25, -0.2) is 0 Å². The summed E-state index contributed by atoms with van der Waals surface area (Å²) in [6.07, 6.45) is 8.16. The Kier molecular flexibility index (Phi) is 5.69. The molecule has 3 aromatic rings. The fourth-order valence-corrected chi connectivity index (χ4v) is 3.83. The molecule has 1 amide bonds. The molecule has 1 aromatic heterocycles. The summed E-state index contributed by atoms with van der Waals surface area (Å²) in [5.74, 6) is 0.382. The summed E-state index contributed by atoms with van der Waals surface area (Å²) in [5.41, 5.74) is 3.13. The van der Waals surface area contributed by atoms with Crippen LogP contribution in [0.1, 0.15) is 36.4 Å². The molecule has 146 valence electrons. The quantitative estimate of drug-likeness (QED) is 0.530. The molecule has 1 saturated carbocycles. The largest absolute Gasteiger partial charge is 0.346 e. The third-order valence-corrected chi connectivity index (χ3v) is 5.57. The van der Waals surface area contributed by atoms with E-state index in [1.54, 1.807) is 6.08 Å². The van der Waals surface area contributed by atoms with Crippen molar-refractivity contribution in [3.8, 4) is 6.07 Å². The van der Waals surface area contributed by atoms with Crippen LogP contribution in [-0.4, -0.2) is 10.5 Å². The van der Waals surface area contributed by atoms with E-state index >= 15 is 0 Å². The molecule has 0 radical (unpaired) electrons. The number of nitrogens with zero attached hydrogens (tertiary/aromatic N) is 2. The number of carbonyl (C=O) groups excluding carboxylic acids is 1. The van der Waals surface area contributed by atoms with Crippen LogP contribution >= 0.6 is 11.6 Å². The minimum absolute atomic E-state index is 0.0152.